The lowest BCUT2D eigenvalue weighted by Crippen LogP contribution is -2.48. The number of rotatable bonds is 4. The van der Waals surface area contributed by atoms with E-state index in [1.807, 2.05) is 12.1 Å². The molecule has 0 spiro atoms. The summed E-state index contributed by atoms with van der Waals surface area (Å²) in [6, 6.07) is 13.1. The van der Waals surface area contributed by atoms with Gasteiger partial charge < -0.3 is 15.5 Å². The Bertz CT molecular complexity index is 899. The van der Waals surface area contributed by atoms with Crippen LogP contribution in [0.1, 0.15) is 19.4 Å². The zero-order chi connectivity index (χ0) is 19.7. The van der Waals surface area contributed by atoms with Gasteiger partial charge in [-0.15, -0.1) is 0 Å². The van der Waals surface area contributed by atoms with E-state index in [9.17, 15) is 9.18 Å². The Balaban J connectivity index is 1.43. The third-order valence-electron chi connectivity index (χ3n) is 5.42. The number of halogens is 1. The second kappa shape index (κ2) is 7.64. The van der Waals surface area contributed by atoms with E-state index in [1.54, 1.807) is 12.3 Å². The number of carbonyl (C=O) groups is 1. The first kappa shape index (κ1) is 18.5. The molecular weight excluding hydrogens is 355 g/mol. The van der Waals surface area contributed by atoms with E-state index < -0.39 is 0 Å². The predicted molar refractivity (Wildman–Crippen MR) is 112 cm³/mol. The van der Waals surface area contributed by atoms with E-state index in [0.717, 1.165) is 31.9 Å². The summed E-state index contributed by atoms with van der Waals surface area (Å²) in [5, 5.41) is 5.91. The van der Waals surface area contributed by atoms with E-state index in [1.165, 1.54) is 17.8 Å². The zero-order valence-electron chi connectivity index (χ0n) is 16.2. The Morgan fingerprint density at radius 1 is 1.07 bits per heavy atom. The number of nitrogens with one attached hydrogen (secondary N) is 2. The maximum Gasteiger partial charge on any atom is 0.257 e. The van der Waals surface area contributed by atoms with Gasteiger partial charge in [-0.3, -0.25) is 9.69 Å². The number of piperazine rings is 1. The van der Waals surface area contributed by atoms with Crippen LogP contribution in [0, 0.1) is 5.82 Å². The monoisotopic (exact) mass is 380 g/mol. The number of carbonyl (C=O) groups excluding carboxylic acids is 1. The van der Waals surface area contributed by atoms with Crippen molar-refractivity contribution in [3.05, 3.63) is 60.0 Å². The highest BCUT2D eigenvalue weighted by Crippen LogP contribution is 2.32. The van der Waals surface area contributed by atoms with E-state index in [2.05, 4.69) is 46.4 Å². The molecule has 2 aliphatic rings. The standard InChI is InChI=1S/C22H25FN4O/c1-15(2)26-9-11-27(12-10-26)18-6-4-17(5-7-18)24-14-20-19-13-16(23)3-8-21(19)25-22(20)28/h3-8,13-15,24H,9-12H2,1-2H3,(H,25,28). The Kier molecular flexibility index (Phi) is 5.05. The second-order valence-electron chi connectivity index (χ2n) is 7.51. The van der Waals surface area contributed by atoms with Gasteiger partial charge in [-0.05, 0) is 56.3 Å². The van der Waals surface area contributed by atoms with Crippen molar-refractivity contribution >= 4 is 28.5 Å². The highest BCUT2D eigenvalue weighted by atomic mass is 19.1. The van der Waals surface area contributed by atoms with Gasteiger partial charge in [0.05, 0.1) is 5.57 Å². The summed E-state index contributed by atoms with van der Waals surface area (Å²) in [6.45, 7) is 8.68. The van der Waals surface area contributed by atoms with Crippen LogP contribution in [0.4, 0.5) is 21.5 Å². The Morgan fingerprint density at radius 3 is 2.46 bits per heavy atom. The molecular formula is C22H25FN4O. The number of hydrogen-bond donors (Lipinski definition) is 2. The number of nitrogens with zero attached hydrogens (tertiary/aromatic N) is 2. The van der Waals surface area contributed by atoms with Crippen LogP contribution in [0.3, 0.4) is 0 Å². The topological polar surface area (TPSA) is 47.6 Å². The summed E-state index contributed by atoms with van der Waals surface area (Å²) in [5.41, 5.74) is 3.73. The van der Waals surface area contributed by atoms with Crippen LogP contribution in [0.2, 0.25) is 0 Å². The minimum absolute atomic E-state index is 0.229. The summed E-state index contributed by atoms with van der Waals surface area (Å²) in [7, 11) is 0. The molecule has 0 aromatic heterocycles. The van der Waals surface area contributed by atoms with Crippen LogP contribution >= 0.6 is 0 Å². The molecule has 0 aliphatic carbocycles. The van der Waals surface area contributed by atoms with Crippen molar-refractivity contribution < 1.29 is 9.18 Å². The van der Waals surface area contributed by atoms with Crippen LogP contribution in [0.15, 0.2) is 48.7 Å². The molecule has 0 bridgehead atoms. The number of hydrogen-bond acceptors (Lipinski definition) is 4. The largest absolute Gasteiger partial charge is 0.369 e. The molecule has 2 aromatic carbocycles. The zero-order valence-corrected chi connectivity index (χ0v) is 16.2. The number of benzene rings is 2. The van der Waals surface area contributed by atoms with Crippen LogP contribution in [-0.4, -0.2) is 43.0 Å². The van der Waals surface area contributed by atoms with Crippen molar-refractivity contribution in [2.24, 2.45) is 0 Å². The molecule has 1 fully saturated rings. The molecule has 2 aliphatic heterocycles. The normalized spacial score (nSPS) is 18.5. The third-order valence-corrected chi connectivity index (χ3v) is 5.42. The molecule has 2 aromatic rings. The second-order valence-corrected chi connectivity index (χ2v) is 7.51. The van der Waals surface area contributed by atoms with Crippen LogP contribution in [0.25, 0.3) is 5.57 Å². The number of amides is 1. The molecule has 0 radical (unpaired) electrons. The SMILES string of the molecule is CC(C)N1CCN(c2ccc(NC=C3C(=O)Nc4ccc(F)cc43)cc2)CC1. The summed E-state index contributed by atoms with van der Waals surface area (Å²) >= 11 is 0. The van der Waals surface area contributed by atoms with Gasteiger partial charge in [0.2, 0.25) is 0 Å². The van der Waals surface area contributed by atoms with Gasteiger partial charge in [0.1, 0.15) is 5.82 Å². The molecule has 28 heavy (non-hydrogen) atoms. The van der Waals surface area contributed by atoms with Gasteiger partial charge in [0.15, 0.2) is 0 Å². The number of anilines is 3. The average Bonchev–Trinajstić information content (AvgIpc) is 3.01. The summed E-state index contributed by atoms with van der Waals surface area (Å²) in [4.78, 5) is 17.0. The lowest BCUT2D eigenvalue weighted by Gasteiger charge is -2.38. The fraction of sp³-hybridized carbons (Fsp3) is 0.318. The molecule has 2 heterocycles. The van der Waals surface area contributed by atoms with E-state index >= 15 is 0 Å². The van der Waals surface area contributed by atoms with Gasteiger partial charge in [-0.2, -0.15) is 0 Å². The summed E-state index contributed by atoms with van der Waals surface area (Å²) < 4.78 is 13.5. The lowest BCUT2D eigenvalue weighted by molar-refractivity contribution is -0.110. The van der Waals surface area contributed by atoms with Gasteiger partial charge >= 0.3 is 0 Å². The summed E-state index contributed by atoms with van der Waals surface area (Å²) in [6.07, 6.45) is 1.64. The fourth-order valence-corrected chi connectivity index (χ4v) is 3.72. The number of fused-ring (bicyclic) bond motifs is 1. The molecule has 4 rings (SSSR count). The highest BCUT2D eigenvalue weighted by molar-refractivity contribution is 6.31. The highest BCUT2D eigenvalue weighted by Gasteiger charge is 2.24. The molecule has 5 nitrogen and oxygen atoms in total. The van der Waals surface area contributed by atoms with E-state index in [-0.39, 0.29) is 11.7 Å². The van der Waals surface area contributed by atoms with Gasteiger partial charge in [-0.25, -0.2) is 4.39 Å². The van der Waals surface area contributed by atoms with Crippen molar-refractivity contribution in [2.75, 3.05) is 41.7 Å². The maximum atomic E-state index is 13.5. The predicted octanol–water partition coefficient (Wildman–Crippen LogP) is 3.76. The maximum absolute atomic E-state index is 13.5. The van der Waals surface area contributed by atoms with Crippen molar-refractivity contribution in [2.45, 2.75) is 19.9 Å². The first-order valence-corrected chi connectivity index (χ1v) is 9.68. The molecule has 0 saturated carbocycles. The average molecular weight is 380 g/mol. The fourth-order valence-electron chi connectivity index (χ4n) is 3.72. The van der Waals surface area contributed by atoms with Crippen molar-refractivity contribution in [1.82, 2.24) is 4.90 Å². The van der Waals surface area contributed by atoms with E-state index in [0.29, 0.717) is 22.9 Å². The molecule has 0 atom stereocenters. The minimum Gasteiger partial charge on any atom is -0.369 e. The quantitative estimate of drug-likeness (QED) is 0.793. The Morgan fingerprint density at radius 2 is 1.79 bits per heavy atom. The summed E-state index contributed by atoms with van der Waals surface area (Å²) in [5.74, 6) is -0.587. The van der Waals surface area contributed by atoms with Gasteiger partial charge in [0, 0.05) is 61.0 Å². The molecule has 2 N–H and O–H groups in total. The molecule has 6 heteroatoms. The molecule has 0 unspecified atom stereocenters. The first-order valence-electron chi connectivity index (χ1n) is 9.68. The Hall–Kier alpha value is -2.86. The smallest absolute Gasteiger partial charge is 0.257 e. The lowest BCUT2D eigenvalue weighted by atomic mass is 10.1. The van der Waals surface area contributed by atoms with Crippen molar-refractivity contribution in [1.29, 1.82) is 0 Å². The van der Waals surface area contributed by atoms with Crippen LogP contribution in [0.5, 0.6) is 0 Å². The molecule has 146 valence electrons. The molecule has 1 amide bonds. The van der Waals surface area contributed by atoms with E-state index in [4.69, 9.17) is 0 Å². The first-order chi connectivity index (χ1) is 13.5. The Labute approximate surface area is 164 Å². The van der Waals surface area contributed by atoms with Crippen LogP contribution in [-0.2, 0) is 4.79 Å². The van der Waals surface area contributed by atoms with Crippen molar-refractivity contribution in [3.63, 3.8) is 0 Å². The van der Waals surface area contributed by atoms with Gasteiger partial charge in [-0.1, -0.05) is 0 Å². The third kappa shape index (κ3) is 3.73. The van der Waals surface area contributed by atoms with Crippen molar-refractivity contribution in [3.8, 4) is 0 Å². The van der Waals surface area contributed by atoms with Gasteiger partial charge in [0.25, 0.3) is 5.91 Å². The minimum atomic E-state index is -0.358. The van der Waals surface area contributed by atoms with Crippen LogP contribution < -0.4 is 15.5 Å². The molecule has 1 saturated heterocycles.